The molecule has 150 valence electrons. The van der Waals surface area contributed by atoms with Gasteiger partial charge in [-0.3, -0.25) is 9.59 Å². The van der Waals surface area contributed by atoms with Crippen LogP contribution in [0, 0.1) is 13.8 Å². The van der Waals surface area contributed by atoms with Crippen molar-refractivity contribution in [1.29, 1.82) is 0 Å². The third-order valence-corrected chi connectivity index (χ3v) is 4.53. The minimum atomic E-state index is -0.458. The molecule has 0 bridgehead atoms. The normalized spacial score (nSPS) is 10.4. The first-order valence-corrected chi connectivity index (χ1v) is 9.70. The van der Waals surface area contributed by atoms with Crippen molar-refractivity contribution in [3.05, 3.63) is 58.7 Å². The van der Waals surface area contributed by atoms with Gasteiger partial charge < -0.3 is 14.8 Å². The molecule has 2 rings (SSSR count). The van der Waals surface area contributed by atoms with Crippen LogP contribution in [0.1, 0.15) is 42.5 Å². The van der Waals surface area contributed by atoms with E-state index in [1.165, 1.54) is 0 Å². The quantitative estimate of drug-likeness (QED) is 0.653. The highest BCUT2D eigenvalue weighted by Crippen LogP contribution is 2.22. The summed E-state index contributed by atoms with van der Waals surface area (Å²) in [5.74, 6) is -0.0341. The van der Waals surface area contributed by atoms with Gasteiger partial charge in [0.05, 0.1) is 13.0 Å². The van der Waals surface area contributed by atoms with E-state index in [1.807, 2.05) is 64.1 Å². The molecule has 0 aliphatic rings. The molecule has 0 fully saturated rings. The predicted octanol–water partition coefficient (Wildman–Crippen LogP) is 4.38. The highest BCUT2D eigenvalue weighted by molar-refractivity contribution is 5.94. The van der Waals surface area contributed by atoms with Crippen LogP contribution < -0.4 is 10.1 Å². The van der Waals surface area contributed by atoms with Gasteiger partial charge in [-0.25, -0.2) is 0 Å². The van der Waals surface area contributed by atoms with Crippen molar-refractivity contribution in [1.82, 2.24) is 0 Å². The number of ether oxygens (including phenoxy) is 2. The molecule has 5 nitrogen and oxygen atoms in total. The largest absolute Gasteiger partial charge is 0.493 e. The summed E-state index contributed by atoms with van der Waals surface area (Å²) < 4.78 is 10.7. The maximum absolute atomic E-state index is 12.2. The first-order chi connectivity index (χ1) is 13.4. The van der Waals surface area contributed by atoms with Crippen LogP contribution in [0.2, 0.25) is 0 Å². The zero-order valence-electron chi connectivity index (χ0n) is 17.1. The van der Waals surface area contributed by atoms with Gasteiger partial charge in [-0.05, 0) is 55.0 Å². The lowest BCUT2D eigenvalue weighted by atomic mass is 10.0. The maximum atomic E-state index is 12.2. The fourth-order valence-corrected chi connectivity index (χ4v) is 2.90. The van der Waals surface area contributed by atoms with E-state index in [0.29, 0.717) is 0 Å². The monoisotopic (exact) mass is 383 g/mol. The van der Waals surface area contributed by atoms with Gasteiger partial charge in [-0.2, -0.15) is 0 Å². The number of esters is 1. The number of anilines is 1. The van der Waals surface area contributed by atoms with Gasteiger partial charge in [-0.1, -0.05) is 44.2 Å². The Bertz CT molecular complexity index is 807. The molecule has 2 aromatic rings. The fraction of sp³-hybridized carbons (Fsp3) is 0.391. The van der Waals surface area contributed by atoms with Crippen LogP contribution in [0.25, 0.3) is 0 Å². The Morgan fingerprint density at radius 1 is 1.00 bits per heavy atom. The van der Waals surface area contributed by atoms with Crippen molar-refractivity contribution < 1.29 is 19.1 Å². The summed E-state index contributed by atoms with van der Waals surface area (Å²) in [6, 6.07) is 11.9. The first-order valence-electron chi connectivity index (χ1n) is 9.70. The van der Waals surface area contributed by atoms with E-state index >= 15 is 0 Å². The standard InChI is InChI=1S/C23H29NO4/c1-5-18-8-7-9-19(6-2)23(18)24-21(25)15-28-22(26)12-13-27-20-14-16(3)10-11-17(20)4/h7-11,14H,5-6,12-13,15H2,1-4H3,(H,24,25). The van der Waals surface area contributed by atoms with Gasteiger partial charge in [-0.15, -0.1) is 0 Å². The van der Waals surface area contributed by atoms with Crippen molar-refractivity contribution in [2.24, 2.45) is 0 Å². The van der Waals surface area contributed by atoms with Crippen LogP contribution in [0.15, 0.2) is 36.4 Å². The number of benzene rings is 2. The summed E-state index contributed by atoms with van der Waals surface area (Å²) in [6.07, 6.45) is 1.73. The van der Waals surface area contributed by atoms with Gasteiger partial charge in [0, 0.05) is 5.69 Å². The summed E-state index contributed by atoms with van der Waals surface area (Å²) in [5, 5.41) is 2.88. The minimum absolute atomic E-state index is 0.0897. The Morgan fingerprint density at radius 3 is 2.32 bits per heavy atom. The molecular formula is C23H29NO4. The first kappa shape index (κ1) is 21.5. The number of nitrogens with one attached hydrogen (secondary N) is 1. The number of amides is 1. The summed E-state index contributed by atoms with van der Waals surface area (Å²) in [5.41, 5.74) is 5.08. The molecule has 0 aliphatic heterocycles. The Balaban J connectivity index is 1.80. The molecule has 0 unspecified atom stereocenters. The summed E-state index contributed by atoms with van der Waals surface area (Å²) in [7, 11) is 0. The third kappa shape index (κ3) is 6.12. The molecule has 28 heavy (non-hydrogen) atoms. The molecule has 2 aromatic carbocycles. The molecule has 0 saturated carbocycles. The average molecular weight is 383 g/mol. The Hall–Kier alpha value is -2.82. The van der Waals surface area contributed by atoms with Crippen LogP contribution in [0.5, 0.6) is 5.75 Å². The second-order valence-electron chi connectivity index (χ2n) is 6.73. The lowest BCUT2D eigenvalue weighted by Gasteiger charge is -2.14. The SMILES string of the molecule is CCc1cccc(CC)c1NC(=O)COC(=O)CCOc1cc(C)ccc1C. The summed E-state index contributed by atoms with van der Waals surface area (Å²) in [6.45, 7) is 7.93. The van der Waals surface area contributed by atoms with Gasteiger partial charge in [0.25, 0.3) is 5.91 Å². The Kier molecular flexibility index (Phi) is 8.05. The van der Waals surface area contributed by atoms with Crippen molar-refractivity contribution in [3.63, 3.8) is 0 Å². The van der Waals surface area contributed by atoms with E-state index < -0.39 is 5.97 Å². The van der Waals surface area contributed by atoms with E-state index in [0.717, 1.165) is 46.5 Å². The zero-order chi connectivity index (χ0) is 20.5. The van der Waals surface area contributed by atoms with Crippen LogP contribution in [-0.4, -0.2) is 25.1 Å². The van der Waals surface area contributed by atoms with Gasteiger partial charge in [0.15, 0.2) is 6.61 Å². The van der Waals surface area contributed by atoms with Crippen molar-refractivity contribution >= 4 is 17.6 Å². The van der Waals surface area contributed by atoms with Gasteiger partial charge in [0.1, 0.15) is 5.75 Å². The summed E-state index contributed by atoms with van der Waals surface area (Å²) in [4.78, 5) is 24.1. The second-order valence-corrected chi connectivity index (χ2v) is 6.73. The smallest absolute Gasteiger partial charge is 0.309 e. The highest BCUT2D eigenvalue weighted by atomic mass is 16.5. The summed E-state index contributed by atoms with van der Waals surface area (Å²) >= 11 is 0. The van der Waals surface area contributed by atoms with E-state index in [9.17, 15) is 9.59 Å². The molecule has 0 radical (unpaired) electrons. The van der Waals surface area contributed by atoms with E-state index in [4.69, 9.17) is 9.47 Å². The molecule has 1 N–H and O–H groups in total. The second kappa shape index (κ2) is 10.5. The fourth-order valence-electron chi connectivity index (χ4n) is 2.90. The maximum Gasteiger partial charge on any atom is 0.309 e. The average Bonchev–Trinajstić information content (AvgIpc) is 2.69. The molecule has 5 heteroatoms. The van der Waals surface area contributed by atoms with Gasteiger partial charge >= 0.3 is 5.97 Å². The number of hydrogen-bond acceptors (Lipinski definition) is 4. The number of carbonyl (C=O) groups is 2. The molecule has 0 atom stereocenters. The highest BCUT2D eigenvalue weighted by Gasteiger charge is 2.12. The molecule has 0 spiro atoms. The Labute approximate surface area is 167 Å². The number of rotatable bonds is 9. The zero-order valence-corrected chi connectivity index (χ0v) is 17.1. The number of para-hydroxylation sites is 1. The van der Waals surface area contributed by atoms with E-state index in [-0.39, 0.29) is 25.5 Å². The van der Waals surface area contributed by atoms with E-state index in [2.05, 4.69) is 5.32 Å². The molecule has 0 heterocycles. The molecule has 0 saturated heterocycles. The molecule has 0 aromatic heterocycles. The van der Waals surface area contributed by atoms with Crippen molar-refractivity contribution in [3.8, 4) is 5.75 Å². The van der Waals surface area contributed by atoms with Crippen LogP contribution in [0.3, 0.4) is 0 Å². The van der Waals surface area contributed by atoms with Crippen LogP contribution >= 0.6 is 0 Å². The number of aryl methyl sites for hydroxylation is 4. The van der Waals surface area contributed by atoms with Gasteiger partial charge in [0.2, 0.25) is 0 Å². The number of hydrogen-bond donors (Lipinski definition) is 1. The third-order valence-electron chi connectivity index (χ3n) is 4.53. The minimum Gasteiger partial charge on any atom is -0.493 e. The molecule has 0 aliphatic carbocycles. The van der Waals surface area contributed by atoms with Crippen LogP contribution in [0.4, 0.5) is 5.69 Å². The molecule has 1 amide bonds. The lowest BCUT2D eigenvalue weighted by Crippen LogP contribution is -2.23. The predicted molar refractivity (Wildman–Crippen MR) is 111 cm³/mol. The van der Waals surface area contributed by atoms with Crippen LogP contribution in [-0.2, 0) is 27.2 Å². The lowest BCUT2D eigenvalue weighted by molar-refractivity contribution is -0.147. The number of carbonyl (C=O) groups excluding carboxylic acids is 2. The van der Waals surface area contributed by atoms with Crippen molar-refractivity contribution in [2.75, 3.05) is 18.5 Å². The van der Waals surface area contributed by atoms with Crippen molar-refractivity contribution in [2.45, 2.75) is 47.0 Å². The topological polar surface area (TPSA) is 64.6 Å². The van der Waals surface area contributed by atoms with E-state index in [1.54, 1.807) is 0 Å². The molecular weight excluding hydrogens is 354 g/mol. The Morgan fingerprint density at radius 2 is 1.68 bits per heavy atom.